The number of ketones is 1. The topological polar surface area (TPSA) is 112 Å². The quantitative estimate of drug-likeness (QED) is 0.707. The Morgan fingerprint density at radius 2 is 1.75 bits per heavy atom. The Morgan fingerprint density at radius 3 is 2.30 bits per heavy atom. The molecule has 0 bridgehead atoms. The van der Waals surface area contributed by atoms with Crippen LogP contribution in [0.1, 0.15) is 27.6 Å². The maximum atomic E-state index is 11.8. The molecule has 1 amide bonds. The van der Waals surface area contributed by atoms with E-state index in [2.05, 4.69) is 10.3 Å². The van der Waals surface area contributed by atoms with Gasteiger partial charge in [-0.3, -0.25) is 19.4 Å². The summed E-state index contributed by atoms with van der Waals surface area (Å²) in [5.41, 5.74) is -0.709. The van der Waals surface area contributed by atoms with Gasteiger partial charge in [0.15, 0.2) is 5.78 Å². The van der Waals surface area contributed by atoms with Crippen LogP contribution in [0.3, 0.4) is 0 Å². The average Bonchev–Trinajstić information content (AvgIpc) is 2.39. The smallest absolute Gasteiger partial charge is 0.322 e. The van der Waals surface area contributed by atoms with E-state index in [4.69, 9.17) is 0 Å². The van der Waals surface area contributed by atoms with Crippen LogP contribution < -0.4 is 16.6 Å². The van der Waals surface area contributed by atoms with Crippen LogP contribution in [0.2, 0.25) is 0 Å². The van der Waals surface area contributed by atoms with Gasteiger partial charge in [0.05, 0.1) is 0 Å². The predicted octanol–water partition coefficient (Wildman–Crippen LogP) is 0.518. The molecular formula is C13H11N3O4. The Hall–Kier alpha value is -2.96. The van der Waals surface area contributed by atoms with Crippen molar-refractivity contribution in [3.63, 3.8) is 0 Å². The maximum Gasteiger partial charge on any atom is 0.325 e. The number of H-pyrrole nitrogens is 2. The average molecular weight is 273 g/mol. The third-order valence-corrected chi connectivity index (χ3v) is 2.61. The van der Waals surface area contributed by atoms with Crippen molar-refractivity contribution in [2.75, 3.05) is 5.32 Å². The minimum Gasteiger partial charge on any atom is -0.322 e. The highest BCUT2D eigenvalue weighted by molar-refractivity contribution is 6.04. The number of aromatic amines is 2. The van der Waals surface area contributed by atoms with E-state index in [-0.39, 0.29) is 11.3 Å². The van der Waals surface area contributed by atoms with Crippen molar-refractivity contribution in [2.45, 2.75) is 6.92 Å². The lowest BCUT2D eigenvalue weighted by molar-refractivity contribution is 0.101. The van der Waals surface area contributed by atoms with Crippen molar-refractivity contribution in [3.05, 3.63) is 62.4 Å². The Balaban J connectivity index is 2.21. The van der Waals surface area contributed by atoms with Gasteiger partial charge in [-0.2, -0.15) is 0 Å². The highest BCUT2D eigenvalue weighted by Crippen LogP contribution is 2.10. The fourth-order valence-corrected chi connectivity index (χ4v) is 1.57. The minimum atomic E-state index is -0.772. The number of benzene rings is 1. The Kier molecular flexibility index (Phi) is 3.60. The summed E-state index contributed by atoms with van der Waals surface area (Å²) in [6.07, 6.45) is 1.04. The lowest BCUT2D eigenvalue weighted by Crippen LogP contribution is -2.29. The van der Waals surface area contributed by atoms with Crippen LogP contribution in [0.4, 0.5) is 5.69 Å². The fourth-order valence-electron chi connectivity index (χ4n) is 1.57. The van der Waals surface area contributed by atoms with Crippen molar-refractivity contribution in [2.24, 2.45) is 0 Å². The molecule has 0 spiro atoms. The molecule has 0 radical (unpaired) electrons. The van der Waals surface area contributed by atoms with Gasteiger partial charge >= 0.3 is 5.69 Å². The molecule has 0 fully saturated rings. The lowest BCUT2D eigenvalue weighted by Gasteiger charge is -2.04. The summed E-state index contributed by atoms with van der Waals surface area (Å²) in [6.45, 7) is 1.44. The standard InChI is InChI=1S/C13H11N3O4/c1-7(17)8-2-4-9(5-3-8)15-11(18)10-6-14-13(20)16-12(10)19/h2-6H,1H3,(H,15,18)(H2,14,16,19,20). The number of hydrogen-bond donors (Lipinski definition) is 3. The highest BCUT2D eigenvalue weighted by Gasteiger charge is 2.11. The fraction of sp³-hybridized carbons (Fsp3) is 0.0769. The zero-order chi connectivity index (χ0) is 14.7. The molecule has 1 aromatic heterocycles. The first kappa shape index (κ1) is 13.5. The molecule has 0 aliphatic rings. The molecule has 0 aliphatic heterocycles. The largest absolute Gasteiger partial charge is 0.325 e. The molecule has 3 N–H and O–H groups in total. The second-order valence-corrected chi connectivity index (χ2v) is 4.07. The minimum absolute atomic E-state index is 0.0834. The first-order chi connectivity index (χ1) is 9.47. The van der Waals surface area contributed by atoms with Gasteiger partial charge in [0.1, 0.15) is 5.56 Å². The third-order valence-electron chi connectivity index (χ3n) is 2.61. The van der Waals surface area contributed by atoms with Gasteiger partial charge in [-0.05, 0) is 31.2 Å². The van der Waals surface area contributed by atoms with E-state index >= 15 is 0 Å². The highest BCUT2D eigenvalue weighted by atomic mass is 16.2. The number of amides is 1. The number of aromatic nitrogens is 2. The molecule has 7 nitrogen and oxygen atoms in total. The molecule has 0 unspecified atom stereocenters. The van der Waals surface area contributed by atoms with Crippen molar-refractivity contribution in [1.82, 2.24) is 9.97 Å². The SMILES string of the molecule is CC(=O)c1ccc(NC(=O)c2c[nH]c(=O)[nH]c2=O)cc1. The second kappa shape index (κ2) is 5.35. The molecule has 2 aromatic rings. The van der Waals surface area contributed by atoms with E-state index in [1.54, 1.807) is 24.3 Å². The number of Topliss-reactive ketones (excluding diaryl/α,β-unsaturated/α-hetero) is 1. The molecular weight excluding hydrogens is 262 g/mol. The number of rotatable bonds is 3. The number of nitrogens with one attached hydrogen (secondary N) is 3. The monoisotopic (exact) mass is 273 g/mol. The number of carbonyl (C=O) groups excluding carboxylic acids is 2. The Labute approximate surface area is 112 Å². The molecule has 0 aliphatic carbocycles. The van der Waals surface area contributed by atoms with E-state index in [1.165, 1.54) is 6.92 Å². The zero-order valence-corrected chi connectivity index (χ0v) is 10.5. The number of anilines is 1. The zero-order valence-electron chi connectivity index (χ0n) is 10.5. The van der Waals surface area contributed by atoms with Crippen molar-refractivity contribution in [3.8, 4) is 0 Å². The number of hydrogen-bond acceptors (Lipinski definition) is 4. The second-order valence-electron chi connectivity index (χ2n) is 4.07. The predicted molar refractivity (Wildman–Crippen MR) is 72.1 cm³/mol. The molecule has 0 saturated carbocycles. The van der Waals surface area contributed by atoms with Crippen molar-refractivity contribution in [1.29, 1.82) is 0 Å². The van der Waals surface area contributed by atoms with E-state index < -0.39 is 17.2 Å². The van der Waals surface area contributed by atoms with Gasteiger partial charge in [-0.15, -0.1) is 0 Å². The Bertz CT molecular complexity index is 771. The van der Waals surface area contributed by atoms with Crippen LogP contribution in [0.15, 0.2) is 40.1 Å². The first-order valence-corrected chi connectivity index (χ1v) is 5.72. The van der Waals surface area contributed by atoms with Gasteiger partial charge in [0, 0.05) is 17.4 Å². The Morgan fingerprint density at radius 1 is 1.10 bits per heavy atom. The molecule has 0 saturated heterocycles. The van der Waals surface area contributed by atoms with E-state index in [0.29, 0.717) is 11.3 Å². The van der Waals surface area contributed by atoms with Crippen LogP contribution in [-0.2, 0) is 0 Å². The molecule has 2 rings (SSSR count). The van der Waals surface area contributed by atoms with E-state index in [0.717, 1.165) is 6.20 Å². The summed E-state index contributed by atoms with van der Waals surface area (Å²) in [4.78, 5) is 49.4. The van der Waals surface area contributed by atoms with E-state index in [1.807, 2.05) is 4.98 Å². The van der Waals surface area contributed by atoms with Gasteiger partial charge < -0.3 is 10.3 Å². The van der Waals surface area contributed by atoms with Gasteiger partial charge in [-0.25, -0.2) is 4.79 Å². The van der Waals surface area contributed by atoms with Crippen molar-refractivity contribution < 1.29 is 9.59 Å². The van der Waals surface area contributed by atoms with Crippen LogP contribution in [0.5, 0.6) is 0 Å². The normalized spacial score (nSPS) is 10.1. The lowest BCUT2D eigenvalue weighted by atomic mass is 10.1. The molecule has 1 heterocycles. The van der Waals surface area contributed by atoms with Crippen LogP contribution in [-0.4, -0.2) is 21.7 Å². The molecule has 1 aromatic carbocycles. The summed E-state index contributed by atoms with van der Waals surface area (Å²) in [5.74, 6) is -0.738. The summed E-state index contributed by atoms with van der Waals surface area (Å²) < 4.78 is 0. The summed E-state index contributed by atoms with van der Waals surface area (Å²) in [6, 6.07) is 6.23. The van der Waals surface area contributed by atoms with Crippen molar-refractivity contribution >= 4 is 17.4 Å². The van der Waals surface area contributed by atoms with Gasteiger partial charge in [-0.1, -0.05) is 0 Å². The first-order valence-electron chi connectivity index (χ1n) is 5.72. The third kappa shape index (κ3) is 2.89. The van der Waals surface area contributed by atoms with E-state index in [9.17, 15) is 19.2 Å². The molecule has 20 heavy (non-hydrogen) atoms. The van der Waals surface area contributed by atoms with Gasteiger partial charge in [0.25, 0.3) is 11.5 Å². The maximum absolute atomic E-state index is 11.8. The van der Waals surface area contributed by atoms with Crippen LogP contribution in [0.25, 0.3) is 0 Å². The van der Waals surface area contributed by atoms with Crippen LogP contribution in [0, 0.1) is 0 Å². The van der Waals surface area contributed by atoms with Crippen LogP contribution >= 0.6 is 0 Å². The molecule has 102 valence electrons. The summed E-state index contributed by atoms with van der Waals surface area (Å²) >= 11 is 0. The number of carbonyl (C=O) groups is 2. The van der Waals surface area contributed by atoms with Gasteiger partial charge in [0.2, 0.25) is 0 Å². The summed E-state index contributed by atoms with van der Waals surface area (Å²) in [7, 11) is 0. The molecule has 7 heteroatoms. The summed E-state index contributed by atoms with van der Waals surface area (Å²) in [5, 5.41) is 2.49. The molecule has 0 atom stereocenters.